The van der Waals surface area contributed by atoms with Gasteiger partial charge in [-0.15, -0.1) is 0 Å². The number of carbonyl (C=O) groups is 3. The van der Waals surface area contributed by atoms with Gasteiger partial charge in [-0.3, -0.25) is 14.4 Å². The van der Waals surface area contributed by atoms with Crippen LogP contribution in [0.3, 0.4) is 0 Å². The standard InChI is InChI=1S/C22H24BrN3O7S/c1-14(27)24-16-6-10-18(11-7-16)34(30,31)25(13-21(32-2)33-3)19-12-20(28)26(22(19)29)17-8-4-15(23)5-9-17/h4-11,19,21H,12-13H2,1-3H3,(H,24,27). The third-order valence-corrected chi connectivity index (χ3v) is 7.61. The van der Waals surface area contributed by atoms with Gasteiger partial charge in [0.05, 0.1) is 23.5 Å². The molecule has 1 unspecified atom stereocenters. The molecular weight excluding hydrogens is 530 g/mol. The Balaban J connectivity index is 1.98. The van der Waals surface area contributed by atoms with E-state index in [4.69, 9.17) is 9.47 Å². The van der Waals surface area contributed by atoms with E-state index in [0.717, 1.165) is 13.7 Å². The van der Waals surface area contributed by atoms with Crippen LogP contribution in [0.15, 0.2) is 57.9 Å². The fourth-order valence-corrected chi connectivity index (χ4v) is 5.37. The molecule has 34 heavy (non-hydrogen) atoms. The van der Waals surface area contributed by atoms with E-state index in [2.05, 4.69) is 21.2 Å². The lowest BCUT2D eigenvalue weighted by Gasteiger charge is -2.29. The Bertz CT molecular complexity index is 1170. The first-order valence-corrected chi connectivity index (χ1v) is 12.4. The first kappa shape index (κ1) is 26.0. The largest absolute Gasteiger partial charge is 0.354 e. The zero-order valence-corrected chi connectivity index (χ0v) is 21.1. The SMILES string of the molecule is COC(CN(C1CC(=O)N(c2ccc(Br)cc2)C1=O)S(=O)(=O)c1ccc(NC(C)=O)cc1)OC. The van der Waals surface area contributed by atoms with Crippen molar-refractivity contribution in [1.29, 1.82) is 0 Å². The van der Waals surface area contributed by atoms with Crippen LogP contribution in [0.2, 0.25) is 0 Å². The Kier molecular flexibility index (Phi) is 8.21. The van der Waals surface area contributed by atoms with Crippen molar-refractivity contribution in [1.82, 2.24) is 4.31 Å². The normalized spacial score (nSPS) is 16.5. The number of halogens is 1. The molecule has 3 rings (SSSR count). The number of carbonyl (C=O) groups excluding carboxylic acids is 3. The third kappa shape index (κ3) is 5.53. The van der Waals surface area contributed by atoms with Gasteiger partial charge in [-0.2, -0.15) is 4.31 Å². The van der Waals surface area contributed by atoms with Crippen LogP contribution >= 0.6 is 15.9 Å². The van der Waals surface area contributed by atoms with Crippen LogP contribution in [0, 0.1) is 0 Å². The van der Waals surface area contributed by atoms with Crippen LogP contribution in [0.1, 0.15) is 13.3 Å². The third-order valence-electron chi connectivity index (χ3n) is 5.19. The van der Waals surface area contributed by atoms with Gasteiger partial charge in [-0.05, 0) is 48.5 Å². The van der Waals surface area contributed by atoms with E-state index in [1.54, 1.807) is 24.3 Å². The topological polar surface area (TPSA) is 122 Å². The van der Waals surface area contributed by atoms with Crippen LogP contribution in [-0.2, 0) is 33.9 Å². The van der Waals surface area contributed by atoms with Crippen molar-refractivity contribution in [3.63, 3.8) is 0 Å². The molecule has 3 amide bonds. The molecule has 1 atom stereocenters. The van der Waals surface area contributed by atoms with Gasteiger partial charge < -0.3 is 14.8 Å². The summed E-state index contributed by atoms with van der Waals surface area (Å²) in [6.07, 6.45) is -1.31. The van der Waals surface area contributed by atoms with Crippen LogP contribution in [0.25, 0.3) is 0 Å². The predicted molar refractivity (Wildman–Crippen MR) is 127 cm³/mol. The molecule has 1 aliphatic heterocycles. The summed E-state index contributed by atoms with van der Waals surface area (Å²) in [4.78, 5) is 38.2. The van der Waals surface area contributed by atoms with Gasteiger partial charge in [-0.1, -0.05) is 15.9 Å². The highest BCUT2D eigenvalue weighted by Crippen LogP contribution is 2.30. The molecule has 182 valence electrons. The minimum Gasteiger partial charge on any atom is -0.354 e. The molecule has 0 aromatic heterocycles. The monoisotopic (exact) mass is 553 g/mol. The van der Waals surface area contributed by atoms with E-state index in [9.17, 15) is 22.8 Å². The van der Waals surface area contributed by atoms with E-state index >= 15 is 0 Å². The Morgan fingerprint density at radius 2 is 1.71 bits per heavy atom. The van der Waals surface area contributed by atoms with Gasteiger partial charge in [0.25, 0.3) is 5.91 Å². The number of sulfonamides is 1. The van der Waals surface area contributed by atoms with Crippen LogP contribution < -0.4 is 10.2 Å². The van der Waals surface area contributed by atoms with Crippen molar-refractivity contribution in [2.45, 2.75) is 30.6 Å². The van der Waals surface area contributed by atoms with Crippen molar-refractivity contribution >= 4 is 55.0 Å². The summed E-state index contributed by atoms with van der Waals surface area (Å²) in [7, 11) is -1.57. The van der Waals surface area contributed by atoms with Crippen LogP contribution in [0.5, 0.6) is 0 Å². The lowest BCUT2D eigenvalue weighted by Crippen LogP contribution is -2.49. The van der Waals surface area contributed by atoms with Crippen molar-refractivity contribution in [2.75, 3.05) is 31.0 Å². The number of benzene rings is 2. The van der Waals surface area contributed by atoms with Crippen molar-refractivity contribution in [3.05, 3.63) is 53.0 Å². The quantitative estimate of drug-likeness (QED) is 0.373. The summed E-state index contributed by atoms with van der Waals surface area (Å²) in [5.74, 6) is -1.50. The first-order valence-electron chi connectivity index (χ1n) is 10.2. The molecule has 2 aromatic carbocycles. The second-order valence-electron chi connectivity index (χ2n) is 7.44. The molecule has 2 aromatic rings. The average Bonchev–Trinajstić information content (AvgIpc) is 3.08. The van der Waals surface area contributed by atoms with E-state index in [0.29, 0.717) is 11.4 Å². The zero-order chi connectivity index (χ0) is 25.0. The smallest absolute Gasteiger partial charge is 0.252 e. The molecule has 1 aliphatic rings. The number of imide groups is 1. The summed E-state index contributed by atoms with van der Waals surface area (Å²) >= 11 is 3.31. The van der Waals surface area contributed by atoms with Gasteiger partial charge in [0, 0.05) is 31.3 Å². The number of nitrogens with one attached hydrogen (secondary N) is 1. The molecule has 0 spiro atoms. The minimum absolute atomic E-state index is 0.116. The molecule has 1 saturated heterocycles. The summed E-state index contributed by atoms with van der Waals surface area (Å²) in [5.41, 5.74) is 0.755. The Morgan fingerprint density at radius 3 is 2.24 bits per heavy atom. The lowest BCUT2D eigenvalue weighted by atomic mass is 10.2. The summed E-state index contributed by atoms with van der Waals surface area (Å²) in [5, 5.41) is 2.56. The maximum Gasteiger partial charge on any atom is 0.252 e. The number of amides is 3. The summed E-state index contributed by atoms with van der Waals surface area (Å²) in [6.45, 7) is 1.02. The molecule has 0 saturated carbocycles. The second kappa shape index (κ2) is 10.7. The van der Waals surface area contributed by atoms with Crippen molar-refractivity contribution < 1.29 is 32.3 Å². The van der Waals surface area contributed by atoms with Gasteiger partial charge >= 0.3 is 0 Å². The molecule has 0 radical (unpaired) electrons. The maximum absolute atomic E-state index is 13.6. The lowest BCUT2D eigenvalue weighted by molar-refractivity contribution is -0.126. The predicted octanol–water partition coefficient (Wildman–Crippen LogP) is 2.35. The highest BCUT2D eigenvalue weighted by Gasteiger charge is 2.47. The zero-order valence-electron chi connectivity index (χ0n) is 18.7. The average molecular weight is 554 g/mol. The fraction of sp³-hybridized carbons (Fsp3) is 0.318. The van der Waals surface area contributed by atoms with Crippen LogP contribution in [-0.4, -0.2) is 63.5 Å². The molecule has 1 heterocycles. The molecule has 10 nitrogen and oxygen atoms in total. The number of methoxy groups -OCH3 is 2. The Hall–Kier alpha value is -2.64. The molecule has 1 fully saturated rings. The molecular formula is C22H24BrN3O7S. The van der Waals surface area contributed by atoms with E-state index in [1.807, 2.05) is 0 Å². The highest BCUT2D eigenvalue weighted by atomic mass is 79.9. The Labute approximate surface area is 206 Å². The van der Waals surface area contributed by atoms with E-state index in [-0.39, 0.29) is 23.8 Å². The fourth-order valence-electron chi connectivity index (χ4n) is 3.54. The van der Waals surface area contributed by atoms with Crippen LogP contribution in [0.4, 0.5) is 11.4 Å². The maximum atomic E-state index is 13.6. The van der Waals surface area contributed by atoms with E-state index in [1.165, 1.54) is 45.4 Å². The number of anilines is 2. The van der Waals surface area contributed by atoms with Gasteiger partial charge in [0.2, 0.25) is 21.8 Å². The van der Waals surface area contributed by atoms with Gasteiger partial charge in [-0.25, -0.2) is 13.3 Å². The highest BCUT2D eigenvalue weighted by molar-refractivity contribution is 9.10. The molecule has 1 N–H and O–H groups in total. The van der Waals surface area contributed by atoms with Gasteiger partial charge in [0.15, 0.2) is 6.29 Å². The minimum atomic E-state index is -4.26. The van der Waals surface area contributed by atoms with Crippen molar-refractivity contribution in [2.24, 2.45) is 0 Å². The summed E-state index contributed by atoms with van der Waals surface area (Å²) < 4.78 is 39.3. The number of rotatable bonds is 9. The Morgan fingerprint density at radius 1 is 1.12 bits per heavy atom. The summed E-state index contributed by atoms with van der Waals surface area (Å²) in [6, 6.07) is 10.8. The number of hydrogen-bond acceptors (Lipinski definition) is 7. The van der Waals surface area contributed by atoms with Gasteiger partial charge in [0.1, 0.15) is 6.04 Å². The van der Waals surface area contributed by atoms with Crippen molar-refractivity contribution in [3.8, 4) is 0 Å². The molecule has 0 bridgehead atoms. The molecule has 0 aliphatic carbocycles. The van der Waals surface area contributed by atoms with E-state index < -0.39 is 34.2 Å². The number of ether oxygens (including phenoxy) is 2. The second-order valence-corrected chi connectivity index (χ2v) is 10.3. The first-order chi connectivity index (χ1) is 16.1. The number of hydrogen-bond donors (Lipinski definition) is 1. The molecule has 12 heteroatoms. The number of nitrogens with zero attached hydrogens (tertiary/aromatic N) is 2.